The number of hydrogen-bond donors (Lipinski definition) is 1. The number of allylic oxidation sites excluding steroid dienone is 2. The Balaban J connectivity index is 2.17. The smallest absolute Gasteiger partial charge is 0.319 e. The van der Waals surface area contributed by atoms with Crippen LogP contribution >= 0.6 is 15.9 Å². The van der Waals surface area contributed by atoms with Gasteiger partial charge in [-0.1, -0.05) is 28.1 Å². The molecule has 3 atom stereocenters. The molecule has 0 saturated carbocycles. The molecule has 0 spiro atoms. The Morgan fingerprint density at radius 3 is 2.57 bits per heavy atom. The van der Waals surface area contributed by atoms with Crippen LogP contribution in [0.5, 0.6) is 0 Å². The number of nitrogens with two attached hydrogens (primary N) is 1. The third kappa shape index (κ3) is 2.70. The van der Waals surface area contributed by atoms with E-state index in [0.717, 1.165) is 4.47 Å². The average molecular weight is 381 g/mol. The van der Waals surface area contributed by atoms with Crippen molar-refractivity contribution < 1.29 is 19.2 Å². The van der Waals surface area contributed by atoms with Crippen LogP contribution in [0.25, 0.3) is 0 Å². The summed E-state index contributed by atoms with van der Waals surface area (Å²) in [5.74, 6) is -2.14. The fraction of sp³-hybridized carbons (Fsp3) is 0.267. The summed E-state index contributed by atoms with van der Waals surface area (Å²) in [6.45, 7) is 1.62. The number of rotatable bonds is 2. The lowest BCUT2D eigenvalue weighted by Crippen LogP contribution is -2.45. The van der Waals surface area contributed by atoms with E-state index >= 15 is 0 Å². The molecule has 2 heterocycles. The molecule has 7 nitrogen and oxygen atoms in total. The number of esters is 1. The van der Waals surface area contributed by atoms with Gasteiger partial charge in [0.2, 0.25) is 0 Å². The second-order valence-corrected chi connectivity index (χ2v) is 6.26. The minimum absolute atomic E-state index is 0.275. The van der Waals surface area contributed by atoms with Gasteiger partial charge < -0.3 is 15.2 Å². The van der Waals surface area contributed by atoms with Crippen LogP contribution in [-0.4, -0.2) is 17.0 Å². The van der Waals surface area contributed by atoms with E-state index in [1.165, 1.54) is 0 Å². The summed E-state index contributed by atoms with van der Waals surface area (Å²) in [7, 11) is 0. The van der Waals surface area contributed by atoms with Crippen LogP contribution in [0.2, 0.25) is 0 Å². The minimum atomic E-state index is -0.854. The third-order valence-electron chi connectivity index (χ3n) is 3.88. The molecule has 0 aromatic heterocycles. The van der Waals surface area contributed by atoms with E-state index in [4.69, 9.17) is 15.2 Å². The molecular formula is C15H13BrN2O5. The molecule has 0 radical (unpaired) electrons. The standard InChI is InChI=1S/C15H13BrN2O5/c1-7-6-10-12(15(19)22-7)11(8-2-4-9(16)5-3-8)13(18(20)21)14(17)23-10/h2-6,10-12H,17H2,1H3. The monoisotopic (exact) mass is 380 g/mol. The highest BCUT2D eigenvalue weighted by Crippen LogP contribution is 2.43. The van der Waals surface area contributed by atoms with Gasteiger partial charge in [-0.2, -0.15) is 0 Å². The molecule has 0 bridgehead atoms. The SMILES string of the molecule is CC1=CC2OC(N)=C([N+](=O)[O-])C(c3ccc(Br)cc3)C2C(=O)O1. The van der Waals surface area contributed by atoms with Crippen molar-refractivity contribution in [3.05, 3.63) is 67.8 Å². The first-order chi connectivity index (χ1) is 10.9. The van der Waals surface area contributed by atoms with Crippen molar-refractivity contribution in [1.82, 2.24) is 0 Å². The molecule has 2 aliphatic rings. The summed E-state index contributed by atoms with van der Waals surface area (Å²) in [6.07, 6.45) is 0.926. The summed E-state index contributed by atoms with van der Waals surface area (Å²) in [5, 5.41) is 11.5. The van der Waals surface area contributed by atoms with E-state index in [1.54, 1.807) is 37.3 Å². The molecule has 1 aromatic carbocycles. The van der Waals surface area contributed by atoms with Crippen molar-refractivity contribution in [2.24, 2.45) is 11.7 Å². The molecule has 23 heavy (non-hydrogen) atoms. The highest BCUT2D eigenvalue weighted by Gasteiger charge is 2.51. The van der Waals surface area contributed by atoms with Crippen LogP contribution in [0.4, 0.5) is 0 Å². The van der Waals surface area contributed by atoms with Crippen LogP contribution in [0.3, 0.4) is 0 Å². The van der Waals surface area contributed by atoms with E-state index < -0.39 is 28.8 Å². The molecule has 2 N–H and O–H groups in total. The number of nitrogens with zero attached hydrogens (tertiary/aromatic N) is 1. The van der Waals surface area contributed by atoms with Crippen molar-refractivity contribution in [2.45, 2.75) is 18.9 Å². The van der Waals surface area contributed by atoms with Crippen LogP contribution in [0, 0.1) is 16.0 Å². The zero-order chi connectivity index (χ0) is 16.7. The van der Waals surface area contributed by atoms with Gasteiger partial charge in [-0.3, -0.25) is 14.9 Å². The van der Waals surface area contributed by atoms with Crippen molar-refractivity contribution >= 4 is 21.9 Å². The first-order valence-electron chi connectivity index (χ1n) is 6.84. The Bertz CT molecular complexity index is 741. The van der Waals surface area contributed by atoms with E-state index in [0.29, 0.717) is 11.3 Å². The predicted molar refractivity (Wildman–Crippen MR) is 83.3 cm³/mol. The highest BCUT2D eigenvalue weighted by atomic mass is 79.9. The number of halogens is 1. The summed E-state index contributed by atoms with van der Waals surface area (Å²) >= 11 is 3.32. The van der Waals surface area contributed by atoms with Crippen LogP contribution in [0.1, 0.15) is 18.4 Å². The predicted octanol–water partition coefficient (Wildman–Crippen LogP) is 2.41. The Labute approximate surface area is 140 Å². The van der Waals surface area contributed by atoms with Gasteiger partial charge in [-0.05, 0) is 30.7 Å². The number of nitro groups is 1. The van der Waals surface area contributed by atoms with Crippen LogP contribution < -0.4 is 5.73 Å². The average Bonchev–Trinajstić information content (AvgIpc) is 2.45. The fourth-order valence-corrected chi connectivity index (χ4v) is 3.20. The number of carbonyl (C=O) groups excluding carboxylic acids is 1. The van der Waals surface area contributed by atoms with Gasteiger partial charge in [-0.15, -0.1) is 0 Å². The molecular weight excluding hydrogens is 368 g/mol. The molecule has 0 aliphatic carbocycles. The first kappa shape index (κ1) is 15.5. The Morgan fingerprint density at radius 2 is 1.96 bits per heavy atom. The second-order valence-electron chi connectivity index (χ2n) is 5.34. The number of carbonyl (C=O) groups is 1. The number of ether oxygens (including phenoxy) is 2. The van der Waals surface area contributed by atoms with Gasteiger partial charge in [0.25, 0.3) is 5.88 Å². The summed E-state index contributed by atoms with van der Waals surface area (Å²) in [6, 6.07) is 6.93. The molecule has 8 heteroatoms. The lowest BCUT2D eigenvalue weighted by Gasteiger charge is -2.36. The van der Waals surface area contributed by atoms with E-state index in [1.807, 2.05) is 0 Å². The molecule has 120 valence electrons. The Morgan fingerprint density at radius 1 is 1.30 bits per heavy atom. The van der Waals surface area contributed by atoms with Gasteiger partial charge in [0.1, 0.15) is 17.8 Å². The maximum atomic E-state index is 12.3. The topological polar surface area (TPSA) is 105 Å². The van der Waals surface area contributed by atoms with Crippen molar-refractivity contribution in [1.29, 1.82) is 0 Å². The summed E-state index contributed by atoms with van der Waals surface area (Å²) in [5.41, 5.74) is 6.04. The largest absolute Gasteiger partial charge is 0.466 e. The number of benzene rings is 1. The first-order valence-corrected chi connectivity index (χ1v) is 7.64. The van der Waals surface area contributed by atoms with E-state index in [-0.39, 0.29) is 11.6 Å². The van der Waals surface area contributed by atoms with Gasteiger partial charge in [0.05, 0.1) is 10.8 Å². The maximum Gasteiger partial charge on any atom is 0.319 e. The second kappa shape index (κ2) is 5.69. The normalized spacial score (nSPS) is 26.8. The molecule has 0 amide bonds. The number of hydrogen-bond acceptors (Lipinski definition) is 6. The van der Waals surface area contributed by atoms with Crippen LogP contribution in [-0.2, 0) is 14.3 Å². The van der Waals surface area contributed by atoms with E-state index in [2.05, 4.69) is 15.9 Å². The van der Waals surface area contributed by atoms with Gasteiger partial charge in [0.15, 0.2) is 0 Å². The van der Waals surface area contributed by atoms with Crippen molar-refractivity contribution in [3.8, 4) is 0 Å². The summed E-state index contributed by atoms with van der Waals surface area (Å²) in [4.78, 5) is 23.2. The maximum absolute atomic E-state index is 12.3. The Hall–Kier alpha value is -2.35. The lowest BCUT2D eigenvalue weighted by atomic mass is 9.78. The minimum Gasteiger partial charge on any atom is -0.466 e. The molecule has 1 aromatic rings. The van der Waals surface area contributed by atoms with E-state index in [9.17, 15) is 14.9 Å². The molecule has 3 rings (SSSR count). The molecule has 3 unspecified atom stereocenters. The van der Waals surface area contributed by atoms with Crippen molar-refractivity contribution in [2.75, 3.05) is 0 Å². The third-order valence-corrected chi connectivity index (χ3v) is 4.41. The van der Waals surface area contributed by atoms with Gasteiger partial charge in [-0.25, -0.2) is 0 Å². The number of cyclic esters (lactones) is 1. The number of fused-ring (bicyclic) bond motifs is 1. The lowest BCUT2D eigenvalue weighted by molar-refractivity contribution is -0.437. The quantitative estimate of drug-likeness (QED) is 0.479. The zero-order valence-electron chi connectivity index (χ0n) is 12.1. The highest BCUT2D eigenvalue weighted by molar-refractivity contribution is 9.10. The van der Waals surface area contributed by atoms with Crippen LogP contribution in [0.15, 0.2) is 52.2 Å². The van der Waals surface area contributed by atoms with Gasteiger partial charge in [0, 0.05) is 4.47 Å². The van der Waals surface area contributed by atoms with Gasteiger partial charge >= 0.3 is 11.7 Å². The molecule has 0 saturated heterocycles. The zero-order valence-corrected chi connectivity index (χ0v) is 13.6. The summed E-state index contributed by atoms with van der Waals surface area (Å²) < 4.78 is 11.4. The molecule has 2 aliphatic heterocycles. The Kier molecular flexibility index (Phi) is 3.85. The van der Waals surface area contributed by atoms with Crippen molar-refractivity contribution in [3.63, 3.8) is 0 Å². The fourth-order valence-electron chi connectivity index (χ4n) is 2.93. The molecule has 0 fully saturated rings.